The van der Waals surface area contributed by atoms with Crippen LogP contribution in [0.5, 0.6) is 5.75 Å². The van der Waals surface area contributed by atoms with Crippen LogP contribution in [0, 0.1) is 13.8 Å². The predicted molar refractivity (Wildman–Crippen MR) is 91.3 cm³/mol. The lowest BCUT2D eigenvalue weighted by molar-refractivity contribution is -0.139. The van der Waals surface area contributed by atoms with Gasteiger partial charge in [-0.25, -0.2) is 4.79 Å². The minimum atomic E-state index is -1.02. The maximum absolute atomic E-state index is 12.5. The number of carbonyl (C=O) groups excluding carboxylic acids is 1. The van der Waals surface area contributed by atoms with E-state index in [1.54, 1.807) is 24.1 Å². The van der Waals surface area contributed by atoms with Gasteiger partial charge in [0.1, 0.15) is 5.75 Å². The summed E-state index contributed by atoms with van der Waals surface area (Å²) < 4.78 is 5.09. The Morgan fingerprint density at radius 2 is 1.62 bits per heavy atom. The second kappa shape index (κ2) is 7.64. The highest BCUT2D eigenvalue weighted by Crippen LogP contribution is 2.15. The van der Waals surface area contributed by atoms with Crippen molar-refractivity contribution in [2.75, 3.05) is 13.7 Å². The molecule has 1 amide bonds. The van der Waals surface area contributed by atoms with Crippen molar-refractivity contribution in [3.05, 3.63) is 64.7 Å². The first-order valence-electron chi connectivity index (χ1n) is 7.62. The van der Waals surface area contributed by atoms with Crippen molar-refractivity contribution in [1.29, 1.82) is 0 Å². The van der Waals surface area contributed by atoms with Crippen LogP contribution in [-0.4, -0.2) is 35.5 Å². The number of amides is 1. The van der Waals surface area contributed by atoms with Crippen molar-refractivity contribution in [3.8, 4) is 5.75 Å². The highest BCUT2D eigenvalue weighted by molar-refractivity contribution is 5.94. The number of benzene rings is 2. The zero-order valence-electron chi connectivity index (χ0n) is 14.1. The molecule has 0 unspecified atom stereocenters. The lowest BCUT2D eigenvalue weighted by Crippen LogP contribution is -2.26. The number of carboxylic acid groups (broad SMARTS) is 1. The molecule has 0 spiro atoms. The van der Waals surface area contributed by atoms with Crippen LogP contribution in [-0.2, 0) is 11.3 Å². The lowest BCUT2D eigenvalue weighted by Gasteiger charge is -2.18. The molecular weight excluding hydrogens is 306 g/mol. The molecule has 0 bridgehead atoms. The molecule has 0 heterocycles. The lowest BCUT2D eigenvalue weighted by atomic mass is 10.1. The molecule has 2 rings (SSSR count). The highest BCUT2D eigenvalue weighted by Gasteiger charge is 2.13. The number of hydrogen-bond acceptors (Lipinski definition) is 3. The van der Waals surface area contributed by atoms with Crippen LogP contribution >= 0.6 is 0 Å². The topological polar surface area (TPSA) is 66.8 Å². The molecule has 0 aromatic heterocycles. The van der Waals surface area contributed by atoms with E-state index < -0.39 is 5.97 Å². The molecule has 0 saturated heterocycles. The van der Waals surface area contributed by atoms with E-state index in [0.717, 1.165) is 16.7 Å². The second-order valence-electron chi connectivity index (χ2n) is 5.86. The fourth-order valence-electron chi connectivity index (χ4n) is 2.50. The van der Waals surface area contributed by atoms with Gasteiger partial charge in [-0.2, -0.15) is 0 Å². The van der Waals surface area contributed by atoms with Crippen molar-refractivity contribution in [2.24, 2.45) is 0 Å². The molecule has 24 heavy (non-hydrogen) atoms. The first-order valence-corrected chi connectivity index (χ1v) is 7.62. The minimum Gasteiger partial charge on any atom is -0.482 e. The summed E-state index contributed by atoms with van der Waals surface area (Å²) in [6.07, 6.45) is 0. The van der Waals surface area contributed by atoms with Gasteiger partial charge >= 0.3 is 5.97 Å². The van der Waals surface area contributed by atoms with E-state index in [0.29, 0.717) is 17.9 Å². The number of carbonyl (C=O) groups is 2. The van der Waals surface area contributed by atoms with Gasteiger partial charge in [-0.15, -0.1) is 0 Å². The number of carboxylic acids is 1. The summed E-state index contributed by atoms with van der Waals surface area (Å²) in [5, 5.41) is 8.59. The summed E-state index contributed by atoms with van der Waals surface area (Å²) in [7, 11) is 1.76. The van der Waals surface area contributed by atoms with Gasteiger partial charge in [-0.05, 0) is 43.7 Å². The van der Waals surface area contributed by atoms with E-state index in [9.17, 15) is 9.59 Å². The third-order valence-electron chi connectivity index (χ3n) is 3.52. The van der Waals surface area contributed by atoms with Gasteiger partial charge in [0, 0.05) is 19.2 Å². The van der Waals surface area contributed by atoms with Gasteiger partial charge in [0.25, 0.3) is 5.91 Å². The van der Waals surface area contributed by atoms with E-state index >= 15 is 0 Å². The average molecular weight is 327 g/mol. The summed E-state index contributed by atoms with van der Waals surface area (Å²) in [6.45, 7) is 4.04. The Bertz CT molecular complexity index is 717. The van der Waals surface area contributed by atoms with Crippen LogP contribution in [0.2, 0.25) is 0 Å². The van der Waals surface area contributed by atoms with Gasteiger partial charge in [0.15, 0.2) is 6.61 Å². The van der Waals surface area contributed by atoms with Crippen molar-refractivity contribution < 1.29 is 19.4 Å². The SMILES string of the molecule is Cc1cc(C)cc(C(=O)N(C)Cc2ccc(OCC(=O)O)cc2)c1. The molecule has 5 nitrogen and oxygen atoms in total. The zero-order valence-corrected chi connectivity index (χ0v) is 14.1. The molecule has 0 atom stereocenters. The number of nitrogens with zero attached hydrogens (tertiary/aromatic N) is 1. The monoisotopic (exact) mass is 327 g/mol. The van der Waals surface area contributed by atoms with E-state index in [1.807, 2.05) is 44.2 Å². The Hall–Kier alpha value is -2.82. The number of ether oxygens (including phenoxy) is 1. The fraction of sp³-hybridized carbons (Fsp3) is 0.263. The van der Waals surface area contributed by atoms with Crippen molar-refractivity contribution in [1.82, 2.24) is 4.90 Å². The summed E-state index contributed by atoms with van der Waals surface area (Å²) in [4.78, 5) is 24.7. The van der Waals surface area contributed by atoms with Gasteiger partial charge < -0.3 is 14.7 Å². The summed E-state index contributed by atoms with van der Waals surface area (Å²) in [6, 6.07) is 12.8. The van der Waals surface area contributed by atoms with Crippen molar-refractivity contribution >= 4 is 11.9 Å². The molecule has 0 aliphatic heterocycles. The third kappa shape index (κ3) is 4.84. The number of rotatable bonds is 6. The molecule has 0 radical (unpaired) electrons. The molecule has 2 aromatic rings. The van der Waals surface area contributed by atoms with Gasteiger partial charge in [-0.1, -0.05) is 29.3 Å². The largest absolute Gasteiger partial charge is 0.482 e. The third-order valence-corrected chi connectivity index (χ3v) is 3.52. The maximum atomic E-state index is 12.5. The first-order chi connectivity index (χ1) is 11.3. The van der Waals surface area contributed by atoms with Gasteiger partial charge in [0.2, 0.25) is 0 Å². The van der Waals surface area contributed by atoms with Gasteiger partial charge in [-0.3, -0.25) is 4.79 Å². The molecule has 2 aromatic carbocycles. The minimum absolute atomic E-state index is 0.0343. The summed E-state index contributed by atoms with van der Waals surface area (Å²) >= 11 is 0. The molecule has 0 saturated carbocycles. The zero-order chi connectivity index (χ0) is 17.7. The van der Waals surface area contributed by atoms with Crippen molar-refractivity contribution in [2.45, 2.75) is 20.4 Å². The normalized spacial score (nSPS) is 10.3. The van der Waals surface area contributed by atoms with E-state index in [-0.39, 0.29) is 12.5 Å². The molecule has 5 heteroatoms. The van der Waals surface area contributed by atoms with Crippen LogP contribution in [0.25, 0.3) is 0 Å². The van der Waals surface area contributed by atoms with Gasteiger partial charge in [0.05, 0.1) is 0 Å². The van der Waals surface area contributed by atoms with Crippen LogP contribution in [0.4, 0.5) is 0 Å². The quantitative estimate of drug-likeness (QED) is 0.885. The molecule has 1 N–H and O–H groups in total. The fourth-order valence-corrected chi connectivity index (χ4v) is 2.50. The Morgan fingerprint density at radius 3 is 2.17 bits per heavy atom. The number of aryl methyl sites for hydroxylation is 2. The van der Waals surface area contributed by atoms with Crippen LogP contribution in [0.3, 0.4) is 0 Å². The van der Waals surface area contributed by atoms with E-state index in [2.05, 4.69) is 0 Å². The molecule has 0 aliphatic carbocycles. The smallest absolute Gasteiger partial charge is 0.341 e. The molecule has 0 aliphatic rings. The second-order valence-corrected chi connectivity index (χ2v) is 5.86. The average Bonchev–Trinajstić information content (AvgIpc) is 2.52. The Labute approximate surface area is 141 Å². The standard InChI is InChI=1S/C19H21NO4/c1-13-8-14(2)10-16(9-13)19(23)20(3)11-15-4-6-17(7-5-15)24-12-18(21)22/h4-10H,11-12H2,1-3H3,(H,21,22). The molecule has 126 valence electrons. The predicted octanol–water partition coefficient (Wildman–Crippen LogP) is 3.04. The highest BCUT2D eigenvalue weighted by atomic mass is 16.5. The summed E-state index contributed by atoms with van der Waals surface area (Å²) in [5.41, 5.74) is 3.74. The van der Waals surface area contributed by atoms with Crippen LogP contribution in [0.1, 0.15) is 27.0 Å². The van der Waals surface area contributed by atoms with Crippen molar-refractivity contribution in [3.63, 3.8) is 0 Å². The Morgan fingerprint density at radius 1 is 1.04 bits per heavy atom. The van der Waals surface area contributed by atoms with Crippen LogP contribution in [0.15, 0.2) is 42.5 Å². The van der Waals surface area contributed by atoms with Crippen LogP contribution < -0.4 is 4.74 Å². The van der Waals surface area contributed by atoms with E-state index in [4.69, 9.17) is 9.84 Å². The van der Waals surface area contributed by atoms with E-state index in [1.165, 1.54) is 0 Å². The molecular formula is C19H21NO4. The Kier molecular flexibility index (Phi) is 5.58. The number of hydrogen-bond donors (Lipinski definition) is 1. The number of aliphatic carboxylic acids is 1. The summed E-state index contributed by atoms with van der Waals surface area (Å²) in [5.74, 6) is -0.560. The molecule has 0 fully saturated rings. The maximum Gasteiger partial charge on any atom is 0.341 e. The Balaban J connectivity index is 2.01. The first kappa shape index (κ1) is 17.5.